The van der Waals surface area contributed by atoms with Gasteiger partial charge in [-0.2, -0.15) is 0 Å². The zero-order chi connectivity index (χ0) is 24.6. The van der Waals surface area contributed by atoms with Gasteiger partial charge in [-0.3, -0.25) is 9.59 Å². The van der Waals surface area contributed by atoms with Crippen molar-refractivity contribution in [3.63, 3.8) is 0 Å². The van der Waals surface area contributed by atoms with Crippen molar-refractivity contribution in [2.24, 2.45) is 11.7 Å². The molecule has 4 N–H and O–H groups in total. The molecule has 178 valence electrons. The van der Waals surface area contributed by atoms with E-state index in [1.165, 1.54) is 0 Å². The van der Waals surface area contributed by atoms with Crippen molar-refractivity contribution in [2.75, 3.05) is 0 Å². The van der Waals surface area contributed by atoms with E-state index in [9.17, 15) is 14.4 Å². The third kappa shape index (κ3) is 8.25. The van der Waals surface area contributed by atoms with E-state index < -0.39 is 35.6 Å². The third-order valence-corrected chi connectivity index (χ3v) is 5.33. The van der Waals surface area contributed by atoms with Crippen molar-refractivity contribution in [3.8, 4) is 11.1 Å². The Morgan fingerprint density at radius 1 is 0.939 bits per heavy atom. The number of primary amides is 1. The summed E-state index contributed by atoms with van der Waals surface area (Å²) in [4.78, 5) is 37.4. The molecule has 2 aromatic carbocycles. The first-order valence-corrected chi connectivity index (χ1v) is 11.2. The van der Waals surface area contributed by atoms with Gasteiger partial charge >= 0.3 is 6.09 Å². The van der Waals surface area contributed by atoms with Crippen LogP contribution in [0.4, 0.5) is 4.79 Å². The molecule has 0 fully saturated rings. The molecule has 0 unspecified atom stereocenters. The highest BCUT2D eigenvalue weighted by Gasteiger charge is 2.30. The van der Waals surface area contributed by atoms with Crippen molar-refractivity contribution in [2.45, 2.75) is 65.1 Å². The number of nitrogens with one attached hydrogen (secondary N) is 2. The van der Waals surface area contributed by atoms with Gasteiger partial charge in [-0.1, -0.05) is 74.9 Å². The highest BCUT2D eigenvalue weighted by atomic mass is 16.6. The quantitative estimate of drug-likeness (QED) is 0.536. The van der Waals surface area contributed by atoms with E-state index in [2.05, 4.69) is 10.6 Å². The Labute approximate surface area is 196 Å². The van der Waals surface area contributed by atoms with Gasteiger partial charge in [0.2, 0.25) is 11.8 Å². The molecule has 0 spiro atoms. The Balaban J connectivity index is 2.21. The van der Waals surface area contributed by atoms with Crippen LogP contribution in [0.15, 0.2) is 54.6 Å². The molecule has 0 aliphatic carbocycles. The Bertz CT molecular complexity index is 936. The molecule has 7 heteroatoms. The van der Waals surface area contributed by atoms with Crippen molar-refractivity contribution in [3.05, 3.63) is 60.2 Å². The van der Waals surface area contributed by atoms with Gasteiger partial charge in [-0.25, -0.2) is 4.79 Å². The molecule has 3 atom stereocenters. The highest BCUT2D eigenvalue weighted by molar-refractivity contribution is 5.91. The number of carbonyl (C=O) groups is 3. The minimum absolute atomic E-state index is 0.140. The van der Waals surface area contributed by atoms with Gasteiger partial charge in [-0.05, 0) is 43.4 Å². The molecule has 3 amide bonds. The Morgan fingerprint density at radius 2 is 1.52 bits per heavy atom. The summed E-state index contributed by atoms with van der Waals surface area (Å²) < 4.78 is 5.33. The topological polar surface area (TPSA) is 111 Å². The Kier molecular flexibility index (Phi) is 9.02. The highest BCUT2D eigenvalue weighted by Crippen LogP contribution is 2.20. The Morgan fingerprint density at radius 3 is 2.03 bits per heavy atom. The van der Waals surface area contributed by atoms with Crippen LogP contribution in [0, 0.1) is 5.92 Å². The summed E-state index contributed by atoms with van der Waals surface area (Å²) in [5.41, 5.74) is 7.78. The summed E-state index contributed by atoms with van der Waals surface area (Å²) in [7, 11) is 0. The lowest BCUT2D eigenvalue weighted by atomic mass is 9.97. The molecule has 0 saturated heterocycles. The molecule has 0 heterocycles. The van der Waals surface area contributed by atoms with Crippen LogP contribution in [0.25, 0.3) is 11.1 Å². The van der Waals surface area contributed by atoms with Crippen LogP contribution in [-0.4, -0.2) is 35.6 Å². The number of nitrogens with two attached hydrogens (primary N) is 1. The number of hydrogen-bond acceptors (Lipinski definition) is 4. The minimum atomic E-state index is -0.937. The number of ether oxygens (including phenoxy) is 1. The first-order chi connectivity index (χ1) is 15.5. The van der Waals surface area contributed by atoms with Gasteiger partial charge in [0.1, 0.15) is 17.7 Å². The molecule has 0 aliphatic rings. The molecule has 0 bridgehead atoms. The van der Waals surface area contributed by atoms with E-state index in [1.54, 1.807) is 20.8 Å². The Hall–Kier alpha value is -3.35. The molecule has 0 saturated carbocycles. The smallest absolute Gasteiger partial charge is 0.408 e. The van der Waals surface area contributed by atoms with E-state index in [0.29, 0.717) is 6.42 Å². The average Bonchev–Trinajstić information content (AvgIpc) is 2.76. The number of amides is 3. The molecule has 2 aromatic rings. The lowest BCUT2D eigenvalue weighted by Gasteiger charge is -2.26. The molecule has 0 aromatic heterocycles. The standard InChI is InChI=1S/C26H35N3O4/c1-6-17(2)22(23(27)30)29-24(31)21(28-25(32)33-26(3,4)5)16-18-12-14-20(15-13-18)19-10-8-7-9-11-19/h7-15,17,21-22H,6,16H2,1-5H3,(H2,27,30)(H,28,32)(H,29,31)/t17-,21-,22-/m0/s1. The average molecular weight is 454 g/mol. The molecule has 7 nitrogen and oxygen atoms in total. The van der Waals surface area contributed by atoms with Crippen molar-refractivity contribution >= 4 is 17.9 Å². The normalized spacial score (nSPS) is 14.0. The lowest BCUT2D eigenvalue weighted by molar-refractivity contribution is -0.129. The molecule has 33 heavy (non-hydrogen) atoms. The largest absolute Gasteiger partial charge is 0.444 e. The van der Waals surface area contributed by atoms with Crippen LogP contribution in [0.5, 0.6) is 0 Å². The van der Waals surface area contributed by atoms with Crippen LogP contribution < -0.4 is 16.4 Å². The van der Waals surface area contributed by atoms with Gasteiger partial charge in [0.05, 0.1) is 0 Å². The van der Waals surface area contributed by atoms with Crippen molar-refractivity contribution in [1.29, 1.82) is 0 Å². The van der Waals surface area contributed by atoms with E-state index in [4.69, 9.17) is 10.5 Å². The SMILES string of the molecule is CC[C@H](C)[C@H](NC(=O)[C@H](Cc1ccc(-c2ccccc2)cc1)NC(=O)OC(C)(C)C)C(N)=O. The van der Waals surface area contributed by atoms with Crippen LogP contribution in [0.2, 0.25) is 0 Å². The predicted octanol–water partition coefficient (Wildman–Crippen LogP) is 3.81. The second-order valence-electron chi connectivity index (χ2n) is 9.24. The van der Waals surface area contributed by atoms with E-state index in [0.717, 1.165) is 16.7 Å². The molecular weight excluding hydrogens is 418 g/mol. The molecule has 0 aliphatic heterocycles. The molecular formula is C26H35N3O4. The van der Waals surface area contributed by atoms with Crippen LogP contribution in [0.1, 0.15) is 46.6 Å². The summed E-state index contributed by atoms with van der Waals surface area (Å²) in [5, 5.41) is 5.35. The number of rotatable bonds is 9. The maximum Gasteiger partial charge on any atom is 0.408 e. The molecule has 0 radical (unpaired) electrons. The summed E-state index contributed by atoms with van der Waals surface area (Å²) in [6.45, 7) is 8.99. The van der Waals surface area contributed by atoms with Gasteiger partial charge in [0.25, 0.3) is 0 Å². The fourth-order valence-electron chi connectivity index (χ4n) is 3.34. The van der Waals surface area contributed by atoms with Crippen LogP contribution in [0.3, 0.4) is 0 Å². The number of hydrogen-bond donors (Lipinski definition) is 3. The number of benzene rings is 2. The van der Waals surface area contributed by atoms with Gasteiger partial charge in [0, 0.05) is 6.42 Å². The monoisotopic (exact) mass is 453 g/mol. The lowest BCUT2D eigenvalue weighted by Crippen LogP contribution is -2.56. The van der Waals surface area contributed by atoms with Crippen LogP contribution >= 0.6 is 0 Å². The second-order valence-corrected chi connectivity index (χ2v) is 9.24. The zero-order valence-electron chi connectivity index (χ0n) is 20.1. The maximum atomic E-state index is 13.1. The van der Waals surface area contributed by atoms with E-state index in [-0.39, 0.29) is 12.3 Å². The fraction of sp³-hybridized carbons (Fsp3) is 0.423. The van der Waals surface area contributed by atoms with E-state index >= 15 is 0 Å². The molecule has 2 rings (SSSR count). The number of carbonyl (C=O) groups excluding carboxylic acids is 3. The summed E-state index contributed by atoms with van der Waals surface area (Å²) >= 11 is 0. The summed E-state index contributed by atoms with van der Waals surface area (Å²) in [6, 6.07) is 16.0. The van der Waals surface area contributed by atoms with Gasteiger partial charge in [0.15, 0.2) is 0 Å². The van der Waals surface area contributed by atoms with Crippen molar-refractivity contribution < 1.29 is 19.1 Å². The van der Waals surface area contributed by atoms with Gasteiger partial charge in [-0.15, -0.1) is 0 Å². The third-order valence-electron chi connectivity index (χ3n) is 5.33. The second kappa shape index (κ2) is 11.5. The summed E-state index contributed by atoms with van der Waals surface area (Å²) in [6.07, 6.45) is 0.188. The predicted molar refractivity (Wildman–Crippen MR) is 129 cm³/mol. The summed E-state index contributed by atoms with van der Waals surface area (Å²) in [5.74, 6) is -1.24. The van der Waals surface area contributed by atoms with Crippen LogP contribution in [-0.2, 0) is 20.7 Å². The van der Waals surface area contributed by atoms with Crippen molar-refractivity contribution in [1.82, 2.24) is 10.6 Å². The van der Waals surface area contributed by atoms with E-state index in [1.807, 2.05) is 68.4 Å². The zero-order valence-corrected chi connectivity index (χ0v) is 20.1. The first-order valence-electron chi connectivity index (χ1n) is 11.2. The fourth-order valence-corrected chi connectivity index (χ4v) is 3.34. The van der Waals surface area contributed by atoms with Gasteiger partial charge < -0.3 is 21.1 Å². The first kappa shape index (κ1) is 25.9. The minimum Gasteiger partial charge on any atom is -0.444 e. The number of alkyl carbamates (subject to hydrolysis) is 1. The maximum absolute atomic E-state index is 13.1.